The van der Waals surface area contributed by atoms with Crippen LogP contribution < -0.4 is 10.6 Å². The molecular weight excluding hydrogens is 457 g/mol. The molecular formula is C23H16ClF3N4O2. The van der Waals surface area contributed by atoms with Gasteiger partial charge in [0.1, 0.15) is 5.69 Å². The van der Waals surface area contributed by atoms with Crippen LogP contribution in [0.3, 0.4) is 0 Å². The molecule has 168 valence electrons. The number of hydrogen-bond donors (Lipinski definition) is 2. The fourth-order valence-electron chi connectivity index (χ4n) is 3.35. The zero-order chi connectivity index (χ0) is 23.8. The third-order valence-electron chi connectivity index (χ3n) is 4.96. The van der Waals surface area contributed by atoms with Crippen molar-refractivity contribution in [2.45, 2.75) is 6.18 Å². The fourth-order valence-corrected chi connectivity index (χ4v) is 3.58. The topological polar surface area (TPSA) is 76.0 Å². The summed E-state index contributed by atoms with van der Waals surface area (Å²) in [4.78, 5) is 28.4. The molecule has 0 spiro atoms. The summed E-state index contributed by atoms with van der Waals surface area (Å²) < 4.78 is 41.1. The van der Waals surface area contributed by atoms with E-state index in [0.717, 1.165) is 28.7 Å². The number of aromatic nitrogens is 2. The lowest BCUT2D eigenvalue weighted by Gasteiger charge is -2.11. The third-order valence-corrected chi connectivity index (χ3v) is 5.29. The Bertz CT molecular complexity index is 1380. The van der Waals surface area contributed by atoms with Crippen molar-refractivity contribution in [1.29, 1.82) is 0 Å². The van der Waals surface area contributed by atoms with E-state index in [4.69, 9.17) is 11.6 Å². The molecule has 2 heterocycles. The van der Waals surface area contributed by atoms with Gasteiger partial charge in [-0.2, -0.15) is 13.2 Å². The molecule has 2 N–H and O–H groups in total. The van der Waals surface area contributed by atoms with E-state index in [1.54, 1.807) is 36.5 Å². The van der Waals surface area contributed by atoms with Gasteiger partial charge in [-0.05, 0) is 54.6 Å². The molecule has 4 aromatic rings. The first-order valence-corrected chi connectivity index (χ1v) is 10.0. The van der Waals surface area contributed by atoms with Crippen LogP contribution in [0.25, 0.3) is 16.6 Å². The number of pyridine rings is 1. The molecule has 10 heteroatoms. The third kappa shape index (κ3) is 4.54. The minimum absolute atomic E-state index is 0.164. The second-order valence-electron chi connectivity index (χ2n) is 7.08. The molecule has 0 saturated carbocycles. The van der Waals surface area contributed by atoms with Gasteiger partial charge in [0.15, 0.2) is 0 Å². The van der Waals surface area contributed by atoms with Crippen LogP contribution in [0, 0.1) is 0 Å². The number of benzene rings is 2. The van der Waals surface area contributed by atoms with Crippen molar-refractivity contribution in [1.82, 2.24) is 14.9 Å². The van der Waals surface area contributed by atoms with Crippen LogP contribution in [0.4, 0.5) is 18.9 Å². The van der Waals surface area contributed by atoms with E-state index in [9.17, 15) is 22.8 Å². The molecule has 33 heavy (non-hydrogen) atoms. The van der Waals surface area contributed by atoms with Crippen LogP contribution >= 0.6 is 11.6 Å². The summed E-state index contributed by atoms with van der Waals surface area (Å²) in [7, 11) is 1.52. The first-order valence-electron chi connectivity index (χ1n) is 9.65. The normalized spacial score (nSPS) is 11.4. The number of hydrogen-bond acceptors (Lipinski definition) is 3. The lowest BCUT2D eigenvalue weighted by molar-refractivity contribution is -0.137. The van der Waals surface area contributed by atoms with Crippen molar-refractivity contribution in [3.63, 3.8) is 0 Å². The van der Waals surface area contributed by atoms with Gasteiger partial charge in [-0.25, -0.2) is 0 Å². The van der Waals surface area contributed by atoms with Gasteiger partial charge < -0.3 is 15.2 Å². The number of amides is 2. The van der Waals surface area contributed by atoms with E-state index in [1.807, 2.05) is 10.6 Å². The number of halogens is 4. The number of nitrogens with zero attached hydrogens (tertiary/aromatic N) is 2. The maximum Gasteiger partial charge on any atom is 0.417 e. The molecule has 0 aliphatic carbocycles. The molecule has 2 aromatic heterocycles. The Labute approximate surface area is 191 Å². The standard InChI is InChI=1S/C23H16ClF3N4O2/c1-28-22(33)19-12-16(6-8-29-19)31-9-7-13-10-15(3-5-20(13)31)30-21(32)14-2-4-18(24)17(11-14)23(25,26)27/h2-12H,1H3,(H,28,33)(H,30,32). The Kier molecular flexibility index (Phi) is 5.82. The minimum atomic E-state index is -4.67. The highest BCUT2D eigenvalue weighted by molar-refractivity contribution is 6.31. The van der Waals surface area contributed by atoms with E-state index in [-0.39, 0.29) is 17.2 Å². The average molecular weight is 473 g/mol. The predicted octanol–water partition coefficient (Wildman–Crippen LogP) is 5.31. The molecule has 0 saturated heterocycles. The minimum Gasteiger partial charge on any atom is -0.354 e. The Morgan fingerprint density at radius 3 is 2.52 bits per heavy atom. The predicted molar refractivity (Wildman–Crippen MR) is 119 cm³/mol. The van der Waals surface area contributed by atoms with Crippen molar-refractivity contribution in [3.05, 3.63) is 88.8 Å². The van der Waals surface area contributed by atoms with Gasteiger partial charge in [0.2, 0.25) is 0 Å². The number of carbonyl (C=O) groups is 2. The SMILES string of the molecule is CNC(=O)c1cc(-n2ccc3cc(NC(=O)c4ccc(Cl)c(C(F)(F)F)c4)ccc32)ccn1. The highest BCUT2D eigenvalue weighted by Gasteiger charge is 2.33. The molecule has 6 nitrogen and oxygen atoms in total. The van der Waals surface area contributed by atoms with Crippen LogP contribution in [0.15, 0.2) is 67.0 Å². The molecule has 0 aliphatic rings. The monoisotopic (exact) mass is 472 g/mol. The summed E-state index contributed by atoms with van der Waals surface area (Å²) in [5, 5.41) is 5.43. The maximum absolute atomic E-state index is 13.1. The summed E-state index contributed by atoms with van der Waals surface area (Å²) >= 11 is 5.62. The fraction of sp³-hybridized carbons (Fsp3) is 0.0870. The molecule has 0 fully saturated rings. The first-order chi connectivity index (χ1) is 15.7. The molecule has 4 rings (SSSR count). The smallest absolute Gasteiger partial charge is 0.354 e. The molecule has 2 amide bonds. The van der Waals surface area contributed by atoms with Gasteiger partial charge in [-0.3, -0.25) is 14.6 Å². The number of rotatable bonds is 4. The summed E-state index contributed by atoms with van der Waals surface area (Å²) in [6.45, 7) is 0. The number of nitrogens with one attached hydrogen (secondary N) is 2. The van der Waals surface area contributed by atoms with Crippen LogP contribution in [0.5, 0.6) is 0 Å². The molecule has 0 unspecified atom stereocenters. The van der Waals surface area contributed by atoms with Crippen LogP contribution in [-0.2, 0) is 6.18 Å². The summed E-state index contributed by atoms with van der Waals surface area (Å²) in [5.74, 6) is -1.01. The first kappa shape index (κ1) is 22.3. The number of alkyl halides is 3. The van der Waals surface area contributed by atoms with Gasteiger partial charge in [0.25, 0.3) is 11.8 Å². The van der Waals surface area contributed by atoms with Crippen molar-refractivity contribution in [3.8, 4) is 5.69 Å². The number of anilines is 1. The highest BCUT2D eigenvalue weighted by Crippen LogP contribution is 2.35. The van der Waals surface area contributed by atoms with E-state index in [2.05, 4.69) is 15.6 Å². The lowest BCUT2D eigenvalue weighted by Crippen LogP contribution is -2.19. The Morgan fingerprint density at radius 2 is 1.79 bits per heavy atom. The van der Waals surface area contributed by atoms with Crippen molar-refractivity contribution in [2.24, 2.45) is 0 Å². The quantitative estimate of drug-likeness (QED) is 0.422. The Balaban J connectivity index is 1.61. The number of fused-ring (bicyclic) bond motifs is 1. The van der Waals surface area contributed by atoms with Gasteiger partial charge in [-0.15, -0.1) is 0 Å². The summed E-state index contributed by atoms with van der Waals surface area (Å²) in [6.07, 6.45) is -1.34. The van der Waals surface area contributed by atoms with Crippen molar-refractivity contribution < 1.29 is 22.8 Å². The summed E-state index contributed by atoms with van der Waals surface area (Å²) in [6, 6.07) is 13.3. The highest BCUT2D eigenvalue weighted by atomic mass is 35.5. The van der Waals surface area contributed by atoms with Gasteiger partial charge in [-0.1, -0.05) is 11.6 Å². The van der Waals surface area contributed by atoms with Gasteiger partial charge >= 0.3 is 6.18 Å². The average Bonchev–Trinajstić information content (AvgIpc) is 3.21. The molecule has 2 aromatic carbocycles. The molecule has 0 radical (unpaired) electrons. The molecule has 0 bridgehead atoms. The Morgan fingerprint density at radius 1 is 1.00 bits per heavy atom. The Hall–Kier alpha value is -3.85. The zero-order valence-corrected chi connectivity index (χ0v) is 17.8. The van der Waals surface area contributed by atoms with Gasteiger partial charge in [0, 0.05) is 41.8 Å². The van der Waals surface area contributed by atoms with Crippen molar-refractivity contribution in [2.75, 3.05) is 12.4 Å². The van der Waals surface area contributed by atoms with E-state index < -0.39 is 22.7 Å². The second-order valence-corrected chi connectivity index (χ2v) is 7.49. The van der Waals surface area contributed by atoms with Gasteiger partial charge in [0.05, 0.1) is 16.1 Å². The zero-order valence-electron chi connectivity index (χ0n) is 17.1. The largest absolute Gasteiger partial charge is 0.417 e. The van der Waals surface area contributed by atoms with Crippen molar-refractivity contribution >= 4 is 40.0 Å². The number of carbonyl (C=O) groups excluding carboxylic acids is 2. The van der Waals surface area contributed by atoms with Crippen LogP contribution in [0.2, 0.25) is 5.02 Å². The van der Waals surface area contributed by atoms with E-state index in [0.29, 0.717) is 5.69 Å². The summed E-state index contributed by atoms with van der Waals surface area (Å²) in [5.41, 5.74) is 0.960. The van der Waals surface area contributed by atoms with Crippen LogP contribution in [-0.4, -0.2) is 28.4 Å². The van der Waals surface area contributed by atoms with E-state index in [1.165, 1.54) is 19.3 Å². The maximum atomic E-state index is 13.1. The van der Waals surface area contributed by atoms with Crippen LogP contribution in [0.1, 0.15) is 26.4 Å². The van der Waals surface area contributed by atoms with E-state index >= 15 is 0 Å². The second kappa shape index (κ2) is 8.59. The molecule has 0 aliphatic heterocycles. The molecule has 0 atom stereocenters. The lowest BCUT2D eigenvalue weighted by atomic mass is 10.1.